The van der Waals surface area contributed by atoms with Crippen molar-refractivity contribution >= 4 is 33.3 Å². The van der Waals surface area contributed by atoms with Gasteiger partial charge in [0, 0.05) is 26.7 Å². The summed E-state index contributed by atoms with van der Waals surface area (Å²) >= 11 is 4.97. The highest BCUT2D eigenvalue weighted by molar-refractivity contribution is 7.88. The Morgan fingerprint density at radius 2 is 2.14 bits per heavy atom. The number of piperidine rings is 1. The van der Waals surface area contributed by atoms with Crippen molar-refractivity contribution < 1.29 is 17.9 Å². The van der Waals surface area contributed by atoms with Gasteiger partial charge in [-0.2, -0.15) is 0 Å². The highest BCUT2D eigenvalue weighted by Crippen LogP contribution is 2.18. The Bertz CT molecular complexity index is 469. The van der Waals surface area contributed by atoms with Gasteiger partial charge >= 0.3 is 0 Å². The SMILES string of the molecule is COCCNC(=S)NNC(=O)[C@@H]1CCCN(S(C)(=O)=O)C1. The van der Waals surface area contributed by atoms with Crippen molar-refractivity contribution in [1.29, 1.82) is 0 Å². The van der Waals surface area contributed by atoms with Gasteiger partial charge in [0.25, 0.3) is 0 Å². The molecule has 1 saturated heterocycles. The van der Waals surface area contributed by atoms with Crippen molar-refractivity contribution in [3.8, 4) is 0 Å². The summed E-state index contributed by atoms with van der Waals surface area (Å²) in [5.41, 5.74) is 5.09. The molecule has 0 aromatic rings. The first kappa shape index (κ1) is 18.1. The van der Waals surface area contributed by atoms with E-state index in [9.17, 15) is 13.2 Å². The van der Waals surface area contributed by atoms with Crippen molar-refractivity contribution in [3.05, 3.63) is 0 Å². The molecule has 1 aliphatic heterocycles. The average molecular weight is 338 g/mol. The molecule has 1 atom stereocenters. The van der Waals surface area contributed by atoms with Crippen LogP contribution in [0.25, 0.3) is 0 Å². The van der Waals surface area contributed by atoms with Crippen LogP contribution in [0.15, 0.2) is 0 Å². The van der Waals surface area contributed by atoms with E-state index in [0.717, 1.165) is 6.26 Å². The van der Waals surface area contributed by atoms with E-state index >= 15 is 0 Å². The third-order valence-corrected chi connectivity index (χ3v) is 4.63. The Morgan fingerprint density at radius 1 is 1.43 bits per heavy atom. The van der Waals surface area contributed by atoms with E-state index in [-0.39, 0.29) is 23.5 Å². The molecule has 1 rings (SSSR count). The Morgan fingerprint density at radius 3 is 2.76 bits per heavy atom. The number of hydrazine groups is 1. The molecule has 1 aliphatic rings. The maximum Gasteiger partial charge on any atom is 0.242 e. The number of carbonyl (C=O) groups is 1. The highest BCUT2D eigenvalue weighted by Gasteiger charge is 2.30. The number of rotatable bonds is 5. The quantitative estimate of drug-likeness (QED) is 0.329. The average Bonchev–Trinajstić information content (AvgIpc) is 2.44. The molecule has 0 unspecified atom stereocenters. The van der Waals surface area contributed by atoms with E-state index in [2.05, 4.69) is 16.2 Å². The maximum absolute atomic E-state index is 12.0. The highest BCUT2D eigenvalue weighted by atomic mass is 32.2. The fraction of sp³-hybridized carbons (Fsp3) is 0.818. The van der Waals surface area contributed by atoms with Crippen LogP contribution in [-0.4, -0.2) is 63.3 Å². The lowest BCUT2D eigenvalue weighted by molar-refractivity contribution is -0.126. The molecule has 1 heterocycles. The first-order valence-electron chi connectivity index (χ1n) is 6.62. The number of thiocarbonyl (C=S) groups is 1. The number of carbonyl (C=O) groups excluding carboxylic acids is 1. The first-order chi connectivity index (χ1) is 9.84. The summed E-state index contributed by atoms with van der Waals surface area (Å²) in [5, 5.41) is 3.14. The minimum Gasteiger partial charge on any atom is -0.383 e. The van der Waals surface area contributed by atoms with E-state index in [0.29, 0.717) is 32.5 Å². The summed E-state index contributed by atoms with van der Waals surface area (Å²) in [6, 6.07) is 0. The Kier molecular flexibility index (Phi) is 7.29. The molecule has 0 aromatic carbocycles. The number of sulfonamides is 1. The maximum atomic E-state index is 12.0. The van der Waals surface area contributed by atoms with Gasteiger partial charge in [-0.3, -0.25) is 15.6 Å². The minimum absolute atomic E-state index is 0.205. The summed E-state index contributed by atoms with van der Waals surface area (Å²) in [6.07, 6.45) is 2.48. The zero-order chi connectivity index (χ0) is 15.9. The lowest BCUT2D eigenvalue weighted by Crippen LogP contribution is -2.52. The summed E-state index contributed by atoms with van der Waals surface area (Å²) in [6.45, 7) is 1.70. The number of nitrogens with zero attached hydrogens (tertiary/aromatic N) is 1. The second kappa shape index (κ2) is 8.47. The Labute approximate surface area is 130 Å². The number of amides is 1. The van der Waals surface area contributed by atoms with E-state index in [4.69, 9.17) is 17.0 Å². The molecule has 8 nitrogen and oxygen atoms in total. The van der Waals surface area contributed by atoms with Crippen LogP contribution in [0, 0.1) is 5.92 Å². The van der Waals surface area contributed by atoms with Crippen LogP contribution in [0.3, 0.4) is 0 Å². The van der Waals surface area contributed by atoms with Crippen molar-refractivity contribution in [2.75, 3.05) is 39.6 Å². The molecule has 1 fully saturated rings. The van der Waals surface area contributed by atoms with Crippen LogP contribution in [0.5, 0.6) is 0 Å². The molecule has 10 heteroatoms. The van der Waals surface area contributed by atoms with Crippen molar-refractivity contribution in [2.24, 2.45) is 5.92 Å². The Hall–Kier alpha value is -0.970. The molecular formula is C11H22N4O4S2. The largest absolute Gasteiger partial charge is 0.383 e. The topological polar surface area (TPSA) is 99.8 Å². The lowest BCUT2D eigenvalue weighted by Gasteiger charge is -2.30. The molecule has 0 saturated carbocycles. The number of methoxy groups -OCH3 is 1. The van der Waals surface area contributed by atoms with Crippen molar-refractivity contribution in [3.63, 3.8) is 0 Å². The van der Waals surface area contributed by atoms with E-state index < -0.39 is 10.0 Å². The third-order valence-electron chi connectivity index (χ3n) is 3.11. The van der Waals surface area contributed by atoms with Gasteiger partial charge in [0.2, 0.25) is 15.9 Å². The molecular weight excluding hydrogens is 316 g/mol. The molecule has 21 heavy (non-hydrogen) atoms. The molecule has 0 bridgehead atoms. The predicted octanol–water partition coefficient (Wildman–Crippen LogP) is -1.20. The number of hydrogen-bond acceptors (Lipinski definition) is 5. The van der Waals surface area contributed by atoms with E-state index in [1.54, 1.807) is 7.11 Å². The normalized spacial score (nSPS) is 19.8. The summed E-state index contributed by atoms with van der Waals surface area (Å²) < 4.78 is 29.2. The van der Waals surface area contributed by atoms with Gasteiger partial charge < -0.3 is 10.1 Å². The summed E-state index contributed by atoms with van der Waals surface area (Å²) in [7, 11) is -1.68. The van der Waals surface area contributed by atoms with Crippen molar-refractivity contribution in [1.82, 2.24) is 20.5 Å². The van der Waals surface area contributed by atoms with Gasteiger partial charge in [-0.25, -0.2) is 12.7 Å². The number of nitrogens with one attached hydrogen (secondary N) is 3. The lowest BCUT2D eigenvalue weighted by atomic mass is 9.99. The fourth-order valence-electron chi connectivity index (χ4n) is 1.99. The van der Waals surface area contributed by atoms with Crippen LogP contribution in [-0.2, 0) is 19.6 Å². The Balaban J connectivity index is 2.36. The van der Waals surface area contributed by atoms with E-state index in [1.807, 2.05) is 0 Å². The van der Waals surface area contributed by atoms with Gasteiger partial charge in [0.15, 0.2) is 5.11 Å². The van der Waals surface area contributed by atoms with Crippen LogP contribution < -0.4 is 16.2 Å². The van der Waals surface area contributed by atoms with Crippen LogP contribution in [0.4, 0.5) is 0 Å². The fourth-order valence-corrected chi connectivity index (χ4v) is 3.05. The zero-order valence-corrected chi connectivity index (χ0v) is 13.8. The molecule has 1 amide bonds. The second-order valence-corrected chi connectivity index (χ2v) is 7.21. The van der Waals surface area contributed by atoms with Crippen LogP contribution in [0.1, 0.15) is 12.8 Å². The summed E-state index contributed by atoms with van der Waals surface area (Å²) in [4.78, 5) is 12.0. The van der Waals surface area contributed by atoms with Crippen LogP contribution >= 0.6 is 12.2 Å². The number of hydrogen-bond donors (Lipinski definition) is 3. The van der Waals surface area contributed by atoms with Gasteiger partial charge in [0.05, 0.1) is 18.8 Å². The first-order valence-corrected chi connectivity index (χ1v) is 8.88. The van der Waals surface area contributed by atoms with Gasteiger partial charge in [-0.1, -0.05) is 0 Å². The number of ether oxygens (including phenoxy) is 1. The van der Waals surface area contributed by atoms with E-state index in [1.165, 1.54) is 4.31 Å². The molecule has 0 aromatic heterocycles. The predicted molar refractivity (Wildman–Crippen MR) is 82.9 cm³/mol. The van der Waals surface area contributed by atoms with Crippen LogP contribution in [0.2, 0.25) is 0 Å². The summed E-state index contributed by atoms with van der Waals surface area (Å²) in [5.74, 6) is -0.637. The zero-order valence-electron chi connectivity index (χ0n) is 12.2. The van der Waals surface area contributed by atoms with Crippen molar-refractivity contribution in [2.45, 2.75) is 12.8 Å². The molecule has 122 valence electrons. The van der Waals surface area contributed by atoms with Gasteiger partial charge in [-0.05, 0) is 25.1 Å². The monoisotopic (exact) mass is 338 g/mol. The molecule has 0 radical (unpaired) electrons. The third kappa shape index (κ3) is 6.55. The standard InChI is InChI=1S/C11H22N4O4S2/c1-19-7-5-12-11(20)14-13-10(16)9-4-3-6-15(8-9)21(2,17)18/h9H,3-8H2,1-2H3,(H,13,16)(H2,12,14,20)/t9-/m1/s1. The van der Waals surface area contributed by atoms with Gasteiger partial charge in [0.1, 0.15) is 0 Å². The molecule has 3 N–H and O–H groups in total. The minimum atomic E-state index is -3.26. The smallest absolute Gasteiger partial charge is 0.242 e. The van der Waals surface area contributed by atoms with Gasteiger partial charge in [-0.15, -0.1) is 0 Å². The molecule has 0 spiro atoms. The second-order valence-electron chi connectivity index (χ2n) is 4.82. The molecule has 0 aliphatic carbocycles.